The summed E-state index contributed by atoms with van der Waals surface area (Å²) in [6.45, 7) is 12.5. The van der Waals surface area contributed by atoms with Gasteiger partial charge in [0.15, 0.2) is 0 Å². The molecule has 0 aliphatic carbocycles. The molecule has 3 atom stereocenters. The Labute approximate surface area is 225 Å². The summed E-state index contributed by atoms with van der Waals surface area (Å²) >= 11 is 0. The molecular weight excluding hydrogens is 481 g/mol. The molecule has 2 fully saturated rings. The van der Waals surface area contributed by atoms with E-state index >= 15 is 0 Å². The second kappa shape index (κ2) is 10.7. The molecule has 0 radical (unpaired) electrons. The van der Waals surface area contributed by atoms with Gasteiger partial charge >= 0.3 is 0 Å². The van der Waals surface area contributed by atoms with Gasteiger partial charge in [-0.25, -0.2) is 4.39 Å². The van der Waals surface area contributed by atoms with E-state index in [2.05, 4.69) is 44.0 Å². The molecule has 4 heterocycles. The zero-order valence-corrected chi connectivity index (χ0v) is 23.0. The van der Waals surface area contributed by atoms with Gasteiger partial charge in [0.1, 0.15) is 5.82 Å². The summed E-state index contributed by atoms with van der Waals surface area (Å²) in [4.78, 5) is 37.4. The van der Waals surface area contributed by atoms with E-state index in [0.717, 1.165) is 48.6 Å². The lowest BCUT2D eigenvalue weighted by atomic mass is 9.91. The largest absolute Gasteiger partial charge is 0.341 e. The number of nitrogens with one attached hydrogen (secondary N) is 1. The van der Waals surface area contributed by atoms with Crippen LogP contribution in [0.3, 0.4) is 0 Å². The lowest BCUT2D eigenvalue weighted by Gasteiger charge is -2.41. The fourth-order valence-electron chi connectivity index (χ4n) is 6.16. The first-order chi connectivity index (χ1) is 18.1. The molecule has 7 nitrogen and oxygen atoms in total. The van der Waals surface area contributed by atoms with Crippen molar-refractivity contribution in [3.63, 3.8) is 0 Å². The summed E-state index contributed by atoms with van der Waals surface area (Å²) in [5, 5.41) is 3.54. The Hall–Kier alpha value is -2.84. The van der Waals surface area contributed by atoms with Crippen LogP contribution < -0.4 is 10.2 Å². The minimum absolute atomic E-state index is 0.0656. The highest BCUT2D eigenvalue weighted by molar-refractivity contribution is 5.97. The number of pyridine rings is 1. The van der Waals surface area contributed by atoms with Crippen LogP contribution in [0.4, 0.5) is 10.1 Å². The number of rotatable bonds is 7. The van der Waals surface area contributed by atoms with Crippen LogP contribution in [0, 0.1) is 11.7 Å². The lowest BCUT2D eigenvalue weighted by molar-refractivity contribution is -0.128. The van der Waals surface area contributed by atoms with Crippen LogP contribution >= 0.6 is 0 Å². The zero-order valence-electron chi connectivity index (χ0n) is 23.0. The number of hydrogen-bond donors (Lipinski definition) is 1. The Bertz CT molecular complexity index is 1180. The molecule has 204 valence electrons. The number of anilines is 1. The molecule has 3 aliphatic rings. The Morgan fingerprint density at radius 3 is 2.66 bits per heavy atom. The van der Waals surface area contributed by atoms with E-state index in [9.17, 15) is 14.0 Å². The maximum Gasteiger partial charge on any atom is 0.241 e. The number of carbonyl (C=O) groups excluding carboxylic acids is 2. The summed E-state index contributed by atoms with van der Waals surface area (Å²) in [5.74, 6) is 0.486. The van der Waals surface area contributed by atoms with Gasteiger partial charge in [-0.05, 0) is 48.6 Å². The summed E-state index contributed by atoms with van der Waals surface area (Å²) in [6.07, 6.45) is 4.16. The van der Waals surface area contributed by atoms with Crippen LogP contribution in [0.2, 0.25) is 0 Å². The number of amides is 2. The summed E-state index contributed by atoms with van der Waals surface area (Å²) < 4.78 is 13.4. The van der Waals surface area contributed by atoms with Gasteiger partial charge in [-0.15, -0.1) is 0 Å². The molecule has 0 spiro atoms. The number of carbonyl (C=O) groups is 2. The highest BCUT2D eigenvalue weighted by atomic mass is 19.1. The molecule has 2 amide bonds. The molecule has 5 rings (SSSR count). The first-order valence-electron chi connectivity index (χ1n) is 13.9. The van der Waals surface area contributed by atoms with Gasteiger partial charge in [0.05, 0.1) is 17.9 Å². The number of benzene rings is 1. The number of halogens is 1. The van der Waals surface area contributed by atoms with Crippen molar-refractivity contribution >= 4 is 17.5 Å². The van der Waals surface area contributed by atoms with Crippen molar-refractivity contribution in [1.29, 1.82) is 0 Å². The van der Waals surface area contributed by atoms with Crippen molar-refractivity contribution in [3.05, 3.63) is 59.2 Å². The first-order valence-corrected chi connectivity index (χ1v) is 13.9. The molecule has 2 aromatic rings. The average Bonchev–Trinajstić information content (AvgIpc) is 3.37. The van der Waals surface area contributed by atoms with Crippen molar-refractivity contribution in [1.82, 2.24) is 20.1 Å². The molecule has 8 heteroatoms. The predicted octanol–water partition coefficient (Wildman–Crippen LogP) is 3.36. The smallest absolute Gasteiger partial charge is 0.241 e. The average molecular weight is 522 g/mol. The maximum atomic E-state index is 13.8. The van der Waals surface area contributed by atoms with E-state index in [4.69, 9.17) is 4.98 Å². The highest BCUT2D eigenvalue weighted by Crippen LogP contribution is 2.40. The maximum absolute atomic E-state index is 13.8. The molecular formula is C30H40FN5O2. The number of hydrogen-bond acceptors (Lipinski definition) is 5. The Morgan fingerprint density at radius 1 is 1.18 bits per heavy atom. The fourth-order valence-corrected chi connectivity index (χ4v) is 6.16. The first kappa shape index (κ1) is 26.8. The van der Waals surface area contributed by atoms with Gasteiger partial charge < -0.3 is 15.1 Å². The highest BCUT2D eigenvalue weighted by Gasteiger charge is 2.41. The van der Waals surface area contributed by atoms with Gasteiger partial charge in [0.25, 0.3) is 0 Å². The van der Waals surface area contributed by atoms with E-state index in [0.29, 0.717) is 38.4 Å². The molecule has 1 aromatic carbocycles. The SMILES string of the molecule is CC[C@H]1CC(=O)N(C[C@H]2CN[C@H](C)CN2CC(=O)N2CC(C)(C)c3ncc(Cc4ccc(F)cc4)cc32)C1. The molecule has 1 aromatic heterocycles. The Morgan fingerprint density at radius 2 is 1.95 bits per heavy atom. The predicted molar refractivity (Wildman–Crippen MR) is 147 cm³/mol. The van der Waals surface area contributed by atoms with Gasteiger partial charge in [-0.3, -0.25) is 19.5 Å². The fraction of sp³-hybridized carbons (Fsp3) is 0.567. The van der Waals surface area contributed by atoms with Crippen molar-refractivity contribution in [2.45, 2.75) is 64.5 Å². The minimum Gasteiger partial charge on any atom is -0.341 e. The third kappa shape index (κ3) is 5.61. The number of aromatic nitrogens is 1. The lowest BCUT2D eigenvalue weighted by Crippen LogP contribution is -2.61. The molecule has 3 aliphatic heterocycles. The van der Waals surface area contributed by atoms with Gasteiger partial charge in [0.2, 0.25) is 11.8 Å². The number of likely N-dealkylation sites (tertiary alicyclic amines) is 1. The van der Waals surface area contributed by atoms with Crippen LogP contribution in [0.25, 0.3) is 0 Å². The molecule has 0 unspecified atom stereocenters. The van der Waals surface area contributed by atoms with E-state index < -0.39 is 0 Å². The Kier molecular flexibility index (Phi) is 7.56. The summed E-state index contributed by atoms with van der Waals surface area (Å²) in [6, 6.07) is 8.97. The van der Waals surface area contributed by atoms with Crippen molar-refractivity contribution in [3.8, 4) is 0 Å². The third-order valence-corrected chi connectivity index (χ3v) is 8.40. The van der Waals surface area contributed by atoms with Crippen LogP contribution in [-0.4, -0.2) is 78.0 Å². The van der Waals surface area contributed by atoms with Crippen molar-refractivity contribution < 1.29 is 14.0 Å². The number of nitrogens with zero attached hydrogens (tertiary/aromatic N) is 4. The second-order valence-electron chi connectivity index (χ2n) is 12.0. The van der Waals surface area contributed by atoms with Crippen LogP contribution in [0.5, 0.6) is 0 Å². The monoisotopic (exact) mass is 521 g/mol. The van der Waals surface area contributed by atoms with E-state index in [1.165, 1.54) is 12.1 Å². The van der Waals surface area contributed by atoms with E-state index in [-0.39, 0.29) is 35.1 Å². The quantitative estimate of drug-likeness (QED) is 0.605. The molecule has 0 bridgehead atoms. The van der Waals surface area contributed by atoms with Crippen LogP contribution in [-0.2, 0) is 21.4 Å². The Balaban J connectivity index is 1.32. The zero-order chi connectivity index (χ0) is 27.0. The molecule has 0 saturated carbocycles. The van der Waals surface area contributed by atoms with Gasteiger partial charge in [-0.1, -0.05) is 39.3 Å². The topological polar surface area (TPSA) is 68.8 Å². The second-order valence-corrected chi connectivity index (χ2v) is 12.0. The van der Waals surface area contributed by atoms with Gasteiger partial charge in [0, 0.05) is 62.8 Å². The molecule has 38 heavy (non-hydrogen) atoms. The summed E-state index contributed by atoms with van der Waals surface area (Å²) in [7, 11) is 0. The standard InChI is InChI=1S/C30H40FN5O2/c1-5-21-12-27(37)35(16-21)17-25-14-32-20(2)15-34(25)18-28(38)36-19-30(3,4)29-26(36)11-23(13-33-29)10-22-6-8-24(31)9-7-22/h6-9,11,13,20-21,25,32H,5,10,12,14-19H2,1-4H3/t20-,21+,25-/m1/s1. The number of piperazine rings is 1. The van der Waals surface area contributed by atoms with Crippen molar-refractivity contribution in [2.75, 3.05) is 44.2 Å². The number of fused-ring (bicyclic) bond motifs is 1. The van der Waals surface area contributed by atoms with Crippen molar-refractivity contribution in [2.24, 2.45) is 5.92 Å². The van der Waals surface area contributed by atoms with Gasteiger partial charge in [-0.2, -0.15) is 0 Å². The minimum atomic E-state index is -0.251. The molecule has 2 saturated heterocycles. The normalized spacial score (nSPS) is 25.2. The molecule has 1 N–H and O–H groups in total. The van der Waals surface area contributed by atoms with E-state index in [1.54, 1.807) is 12.1 Å². The van der Waals surface area contributed by atoms with Crippen LogP contribution in [0.1, 0.15) is 57.4 Å². The van der Waals surface area contributed by atoms with E-state index in [1.807, 2.05) is 16.0 Å². The summed E-state index contributed by atoms with van der Waals surface area (Å²) in [5.41, 5.74) is 3.57. The van der Waals surface area contributed by atoms with Crippen LogP contribution in [0.15, 0.2) is 36.5 Å². The third-order valence-electron chi connectivity index (χ3n) is 8.40.